The molecule has 0 bridgehead atoms. The molecule has 0 unspecified atom stereocenters. The summed E-state index contributed by atoms with van der Waals surface area (Å²) in [6, 6.07) is 22.0. The Morgan fingerprint density at radius 2 is 1.40 bits per heavy atom. The summed E-state index contributed by atoms with van der Waals surface area (Å²) in [7, 11) is 0. The number of carbonyl (C=O) groups is 1. The summed E-state index contributed by atoms with van der Waals surface area (Å²) in [5.74, 6) is 0.311. The first-order valence-corrected chi connectivity index (χ1v) is 6.51. The van der Waals surface area contributed by atoms with Crippen LogP contribution in [0.5, 0.6) is 5.75 Å². The Hall–Kier alpha value is -2.61. The standard InChI is InChI=1S/C18H14O2/c1-13(19)20-18-12-17(14-8-4-2-5-9-14)15-10-6-3-7-11-16(15)18/h2-12H,1H3. The van der Waals surface area contributed by atoms with Gasteiger partial charge in [0, 0.05) is 12.5 Å². The van der Waals surface area contributed by atoms with Gasteiger partial charge in [-0.25, -0.2) is 0 Å². The first kappa shape index (κ1) is 12.4. The molecule has 0 saturated carbocycles. The molecule has 0 amide bonds. The van der Waals surface area contributed by atoms with Crippen molar-refractivity contribution in [2.75, 3.05) is 0 Å². The lowest BCUT2D eigenvalue weighted by atomic mass is 10.0. The minimum atomic E-state index is -0.303. The molecule has 0 heterocycles. The van der Waals surface area contributed by atoms with Crippen molar-refractivity contribution in [3.8, 4) is 28.0 Å². The molecule has 0 saturated heterocycles. The molecule has 2 heteroatoms. The number of fused-ring (bicyclic) bond motifs is 1. The molecule has 2 nitrogen and oxygen atoms in total. The zero-order chi connectivity index (χ0) is 13.9. The van der Waals surface area contributed by atoms with Crippen molar-refractivity contribution >= 4 is 5.97 Å². The van der Waals surface area contributed by atoms with E-state index in [1.807, 2.05) is 54.6 Å². The van der Waals surface area contributed by atoms with Gasteiger partial charge in [0.2, 0.25) is 0 Å². The van der Waals surface area contributed by atoms with Gasteiger partial charge in [-0.05, 0) is 22.8 Å². The van der Waals surface area contributed by atoms with Crippen LogP contribution in [0.2, 0.25) is 0 Å². The molecule has 98 valence electrons. The Kier molecular flexibility index (Phi) is 3.21. The summed E-state index contributed by atoms with van der Waals surface area (Å²) in [6.45, 7) is 1.42. The largest absolute Gasteiger partial charge is 0.426 e. The topological polar surface area (TPSA) is 26.3 Å². The second-order valence-corrected chi connectivity index (χ2v) is 4.62. The van der Waals surface area contributed by atoms with Crippen molar-refractivity contribution in [3.05, 3.63) is 66.7 Å². The first-order valence-electron chi connectivity index (χ1n) is 6.51. The normalized spacial score (nSPS) is 10.4. The third-order valence-electron chi connectivity index (χ3n) is 3.21. The summed E-state index contributed by atoms with van der Waals surface area (Å²) in [5, 5.41) is 0. The maximum Gasteiger partial charge on any atom is 0.308 e. The molecule has 0 aliphatic heterocycles. The summed E-state index contributed by atoms with van der Waals surface area (Å²) >= 11 is 0. The van der Waals surface area contributed by atoms with Crippen LogP contribution >= 0.6 is 0 Å². The maximum atomic E-state index is 11.3. The molecule has 1 aromatic rings. The minimum Gasteiger partial charge on any atom is -0.426 e. The third kappa shape index (κ3) is 2.28. The van der Waals surface area contributed by atoms with Crippen molar-refractivity contribution in [1.82, 2.24) is 0 Å². The van der Waals surface area contributed by atoms with Crippen molar-refractivity contribution in [1.29, 1.82) is 0 Å². The smallest absolute Gasteiger partial charge is 0.308 e. The second kappa shape index (κ2) is 5.17. The SMILES string of the molecule is CC(=O)Oc1cc(-c2ccccc2)c2cccccc1-2. The highest BCUT2D eigenvalue weighted by atomic mass is 16.5. The highest BCUT2D eigenvalue weighted by Crippen LogP contribution is 2.42. The molecule has 0 fully saturated rings. The average molecular weight is 262 g/mol. The van der Waals surface area contributed by atoms with Gasteiger partial charge in [-0.3, -0.25) is 4.79 Å². The molecular weight excluding hydrogens is 248 g/mol. The maximum absolute atomic E-state index is 11.3. The van der Waals surface area contributed by atoms with E-state index < -0.39 is 0 Å². The molecule has 20 heavy (non-hydrogen) atoms. The van der Waals surface area contributed by atoms with Crippen LogP contribution in [0.25, 0.3) is 22.3 Å². The van der Waals surface area contributed by atoms with Gasteiger partial charge in [0.1, 0.15) is 5.75 Å². The highest BCUT2D eigenvalue weighted by molar-refractivity contribution is 5.92. The Labute approximate surface area is 118 Å². The molecule has 0 atom stereocenters. The molecule has 0 aromatic heterocycles. The summed E-state index contributed by atoms with van der Waals surface area (Å²) in [6.07, 6.45) is 0. The van der Waals surface area contributed by atoms with E-state index in [0.717, 1.165) is 22.3 Å². The zero-order valence-corrected chi connectivity index (χ0v) is 11.2. The fourth-order valence-corrected chi connectivity index (χ4v) is 2.38. The Bertz CT molecular complexity index is 717. The molecule has 0 radical (unpaired) electrons. The molecule has 0 N–H and O–H groups in total. The molecular formula is C18H14O2. The Morgan fingerprint density at radius 1 is 0.800 bits per heavy atom. The summed E-state index contributed by atoms with van der Waals surface area (Å²) < 4.78 is 5.33. The molecule has 0 spiro atoms. The quantitative estimate of drug-likeness (QED) is 0.640. The number of esters is 1. The van der Waals surface area contributed by atoms with Crippen molar-refractivity contribution < 1.29 is 9.53 Å². The van der Waals surface area contributed by atoms with Crippen LogP contribution in [0, 0.1) is 0 Å². The van der Waals surface area contributed by atoms with E-state index >= 15 is 0 Å². The molecule has 2 aliphatic rings. The highest BCUT2D eigenvalue weighted by Gasteiger charge is 2.17. The fourth-order valence-electron chi connectivity index (χ4n) is 2.38. The Morgan fingerprint density at radius 3 is 2.05 bits per heavy atom. The lowest BCUT2D eigenvalue weighted by molar-refractivity contribution is -0.131. The van der Waals surface area contributed by atoms with Crippen molar-refractivity contribution in [3.63, 3.8) is 0 Å². The van der Waals surface area contributed by atoms with Crippen LogP contribution < -0.4 is 4.74 Å². The molecule has 3 rings (SSSR count). The number of hydrogen-bond donors (Lipinski definition) is 0. The van der Waals surface area contributed by atoms with Gasteiger partial charge in [0.05, 0.1) is 0 Å². The molecule has 1 aromatic carbocycles. The third-order valence-corrected chi connectivity index (χ3v) is 3.21. The van der Waals surface area contributed by atoms with Gasteiger partial charge in [0.25, 0.3) is 0 Å². The second-order valence-electron chi connectivity index (χ2n) is 4.62. The van der Waals surface area contributed by atoms with Gasteiger partial charge in [-0.1, -0.05) is 60.7 Å². The Balaban J connectivity index is 2.21. The number of benzene rings is 1. The number of hydrogen-bond acceptors (Lipinski definition) is 2. The van der Waals surface area contributed by atoms with Crippen LogP contribution in [0.4, 0.5) is 0 Å². The predicted molar refractivity (Wildman–Crippen MR) is 79.8 cm³/mol. The van der Waals surface area contributed by atoms with Crippen LogP contribution in [-0.4, -0.2) is 5.97 Å². The van der Waals surface area contributed by atoms with Gasteiger partial charge in [-0.15, -0.1) is 0 Å². The predicted octanol–water partition coefficient (Wildman–Crippen LogP) is 4.38. The van der Waals surface area contributed by atoms with Crippen LogP contribution in [0.3, 0.4) is 0 Å². The zero-order valence-electron chi connectivity index (χ0n) is 11.2. The van der Waals surface area contributed by atoms with Crippen LogP contribution in [-0.2, 0) is 4.79 Å². The van der Waals surface area contributed by atoms with Crippen LogP contribution in [0.1, 0.15) is 6.92 Å². The van der Waals surface area contributed by atoms with E-state index in [1.54, 1.807) is 0 Å². The lowest BCUT2D eigenvalue weighted by Crippen LogP contribution is -2.00. The average Bonchev–Trinajstić information content (AvgIpc) is 2.64. The lowest BCUT2D eigenvalue weighted by Gasteiger charge is -2.01. The van der Waals surface area contributed by atoms with E-state index in [4.69, 9.17) is 4.74 Å². The van der Waals surface area contributed by atoms with E-state index in [-0.39, 0.29) is 5.97 Å². The number of carbonyl (C=O) groups excluding carboxylic acids is 1. The van der Waals surface area contributed by atoms with Crippen molar-refractivity contribution in [2.24, 2.45) is 0 Å². The van der Waals surface area contributed by atoms with E-state index in [0.29, 0.717) is 5.75 Å². The summed E-state index contributed by atoms with van der Waals surface area (Å²) in [4.78, 5) is 11.3. The van der Waals surface area contributed by atoms with E-state index in [1.165, 1.54) is 6.92 Å². The van der Waals surface area contributed by atoms with Gasteiger partial charge < -0.3 is 4.74 Å². The number of rotatable bonds is 2. The van der Waals surface area contributed by atoms with Gasteiger partial charge in [0.15, 0.2) is 0 Å². The van der Waals surface area contributed by atoms with Gasteiger partial charge in [-0.2, -0.15) is 0 Å². The van der Waals surface area contributed by atoms with Crippen LogP contribution in [0.15, 0.2) is 66.7 Å². The first-order chi connectivity index (χ1) is 9.75. The van der Waals surface area contributed by atoms with E-state index in [2.05, 4.69) is 12.1 Å². The fraction of sp³-hybridized carbons (Fsp3) is 0.0556. The number of ether oxygens (including phenoxy) is 1. The minimum absolute atomic E-state index is 0.303. The van der Waals surface area contributed by atoms with E-state index in [9.17, 15) is 4.79 Å². The van der Waals surface area contributed by atoms with Gasteiger partial charge >= 0.3 is 5.97 Å². The monoisotopic (exact) mass is 262 g/mol. The molecule has 2 aliphatic carbocycles. The summed E-state index contributed by atoms with van der Waals surface area (Å²) in [5.41, 5.74) is 4.22. The van der Waals surface area contributed by atoms with Crippen molar-refractivity contribution in [2.45, 2.75) is 6.92 Å².